The van der Waals surface area contributed by atoms with Gasteiger partial charge in [0.05, 0.1) is 7.11 Å². The molecule has 3 nitrogen and oxygen atoms in total. The molecule has 0 fully saturated rings. The zero-order valence-corrected chi connectivity index (χ0v) is 11.4. The van der Waals surface area contributed by atoms with Crippen LogP contribution in [0, 0.1) is 0 Å². The highest BCUT2D eigenvalue weighted by Crippen LogP contribution is 2.32. The van der Waals surface area contributed by atoms with Crippen LogP contribution in [0.25, 0.3) is 0 Å². The number of aromatic hydroxyl groups is 1. The molecule has 0 heterocycles. The fraction of sp³-hybridized carbons (Fsp3) is 0.467. The Morgan fingerprint density at radius 1 is 1.33 bits per heavy atom. The standard InChI is InChI=1S/C15H22O3/c1-11(2)6-7-13-9-12(5-4-8-16)10-14(18-3)15(13)17/h6,9-10,16-17H,4-5,7-8H2,1-3H3. The van der Waals surface area contributed by atoms with E-state index >= 15 is 0 Å². The Kier molecular flexibility index (Phi) is 5.72. The van der Waals surface area contributed by atoms with Crippen molar-refractivity contribution in [2.75, 3.05) is 13.7 Å². The number of aryl methyl sites for hydroxylation is 1. The number of aliphatic hydroxyl groups excluding tert-OH is 1. The van der Waals surface area contributed by atoms with E-state index in [9.17, 15) is 5.11 Å². The third-order valence-corrected chi connectivity index (χ3v) is 2.79. The van der Waals surface area contributed by atoms with Crippen LogP contribution in [0.5, 0.6) is 11.5 Å². The second kappa shape index (κ2) is 7.07. The first-order valence-electron chi connectivity index (χ1n) is 6.21. The van der Waals surface area contributed by atoms with Gasteiger partial charge in [0.1, 0.15) is 0 Å². The number of hydrogen-bond acceptors (Lipinski definition) is 3. The molecule has 0 spiro atoms. The van der Waals surface area contributed by atoms with Crippen molar-refractivity contribution in [2.45, 2.75) is 33.1 Å². The Labute approximate surface area is 109 Å². The predicted octanol–water partition coefficient (Wildman–Crippen LogP) is 2.83. The molecule has 1 aromatic rings. The van der Waals surface area contributed by atoms with Crippen molar-refractivity contribution in [1.82, 2.24) is 0 Å². The van der Waals surface area contributed by atoms with E-state index in [1.807, 2.05) is 26.0 Å². The summed E-state index contributed by atoms with van der Waals surface area (Å²) in [6.07, 6.45) is 4.27. The molecule has 0 atom stereocenters. The molecular weight excluding hydrogens is 228 g/mol. The molecule has 3 heteroatoms. The summed E-state index contributed by atoms with van der Waals surface area (Å²) in [6, 6.07) is 3.81. The van der Waals surface area contributed by atoms with Gasteiger partial charge in [0.15, 0.2) is 11.5 Å². The van der Waals surface area contributed by atoms with Crippen molar-refractivity contribution in [2.24, 2.45) is 0 Å². The average molecular weight is 250 g/mol. The molecule has 2 N–H and O–H groups in total. The highest BCUT2D eigenvalue weighted by Gasteiger charge is 2.09. The first kappa shape index (κ1) is 14.6. The summed E-state index contributed by atoms with van der Waals surface area (Å²) in [5, 5.41) is 18.9. The van der Waals surface area contributed by atoms with E-state index in [-0.39, 0.29) is 12.4 Å². The lowest BCUT2D eigenvalue weighted by Crippen LogP contribution is -1.95. The lowest BCUT2D eigenvalue weighted by Gasteiger charge is -2.11. The van der Waals surface area contributed by atoms with Crippen molar-refractivity contribution in [3.8, 4) is 11.5 Å². The quantitative estimate of drug-likeness (QED) is 0.763. The predicted molar refractivity (Wildman–Crippen MR) is 73.2 cm³/mol. The Bertz CT molecular complexity index is 418. The van der Waals surface area contributed by atoms with Gasteiger partial charge in [-0.05, 0) is 44.7 Å². The largest absolute Gasteiger partial charge is 0.504 e. The van der Waals surface area contributed by atoms with Crippen molar-refractivity contribution >= 4 is 0 Å². The van der Waals surface area contributed by atoms with Gasteiger partial charge in [-0.25, -0.2) is 0 Å². The van der Waals surface area contributed by atoms with Crippen LogP contribution < -0.4 is 4.74 Å². The highest BCUT2D eigenvalue weighted by molar-refractivity contribution is 5.49. The third-order valence-electron chi connectivity index (χ3n) is 2.79. The molecule has 1 aromatic carbocycles. The number of ether oxygens (including phenoxy) is 1. The number of phenolic OH excluding ortho intramolecular Hbond substituents is 1. The number of rotatable bonds is 6. The number of hydrogen-bond donors (Lipinski definition) is 2. The molecule has 0 aliphatic carbocycles. The number of phenols is 1. The number of aliphatic hydroxyl groups is 1. The summed E-state index contributed by atoms with van der Waals surface area (Å²) in [4.78, 5) is 0. The molecule has 100 valence electrons. The van der Waals surface area contributed by atoms with Crippen molar-refractivity contribution < 1.29 is 14.9 Å². The second-order valence-corrected chi connectivity index (χ2v) is 4.62. The summed E-state index contributed by atoms with van der Waals surface area (Å²) in [6.45, 7) is 4.24. The minimum absolute atomic E-state index is 0.173. The number of allylic oxidation sites excluding steroid dienone is 2. The molecule has 18 heavy (non-hydrogen) atoms. The van der Waals surface area contributed by atoms with Gasteiger partial charge in [-0.1, -0.05) is 17.7 Å². The molecule has 0 aromatic heterocycles. The Morgan fingerprint density at radius 3 is 2.61 bits per heavy atom. The highest BCUT2D eigenvalue weighted by atomic mass is 16.5. The molecule has 0 aliphatic rings. The molecule has 1 rings (SSSR count). The van der Waals surface area contributed by atoms with E-state index in [1.165, 1.54) is 5.57 Å². The molecule has 0 amide bonds. The monoisotopic (exact) mass is 250 g/mol. The fourth-order valence-electron chi connectivity index (χ4n) is 1.78. The number of methoxy groups -OCH3 is 1. The minimum Gasteiger partial charge on any atom is -0.504 e. The zero-order valence-electron chi connectivity index (χ0n) is 11.4. The summed E-state index contributed by atoms with van der Waals surface area (Å²) < 4.78 is 5.18. The zero-order chi connectivity index (χ0) is 13.5. The molecule has 0 unspecified atom stereocenters. The van der Waals surface area contributed by atoms with E-state index in [0.717, 1.165) is 24.0 Å². The van der Waals surface area contributed by atoms with Gasteiger partial charge in [0.25, 0.3) is 0 Å². The van der Waals surface area contributed by atoms with Gasteiger partial charge in [-0.3, -0.25) is 0 Å². The van der Waals surface area contributed by atoms with Crippen LogP contribution in [-0.4, -0.2) is 23.9 Å². The van der Waals surface area contributed by atoms with Gasteiger partial charge in [0.2, 0.25) is 0 Å². The maximum Gasteiger partial charge on any atom is 0.161 e. The first-order chi connectivity index (χ1) is 8.58. The molecule has 0 aliphatic heterocycles. The first-order valence-corrected chi connectivity index (χ1v) is 6.21. The second-order valence-electron chi connectivity index (χ2n) is 4.62. The summed E-state index contributed by atoms with van der Waals surface area (Å²) >= 11 is 0. The summed E-state index contributed by atoms with van der Waals surface area (Å²) in [5.41, 5.74) is 3.16. The van der Waals surface area contributed by atoms with Gasteiger partial charge in [0, 0.05) is 12.2 Å². The summed E-state index contributed by atoms with van der Waals surface area (Å²) in [7, 11) is 1.55. The Hall–Kier alpha value is -1.48. The van der Waals surface area contributed by atoms with Gasteiger partial charge >= 0.3 is 0 Å². The molecular formula is C15H22O3. The lowest BCUT2D eigenvalue weighted by atomic mass is 10.0. The van der Waals surface area contributed by atoms with Crippen LogP contribution in [0.3, 0.4) is 0 Å². The maximum atomic E-state index is 10.0. The van der Waals surface area contributed by atoms with E-state index in [1.54, 1.807) is 7.11 Å². The molecule has 0 saturated carbocycles. The molecule has 0 saturated heterocycles. The molecule has 0 radical (unpaired) electrons. The van der Waals surface area contributed by atoms with Gasteiger partial charge in [-0.2, -0.15) is 0 Å². The van der Waals surface area contributed by atoms with Crippen LogP contribution in [0.4, 0.5) is 0 Å². The fourth-order valence-corrected chi connectivity index (χ4v) is 1.78. The normalized spacial score (nSPS) is 10.2. The maximum absolute atomic E-state index is 10.0. The Morgan fingerprint density at radius 2 is 2.06 bits per heavy atom. The van der Waals surface area contributed by atoms with Crippen LogP contribution in [0.15, 0.2) is 23.8 Å². The van der Waals surface area contributed by atoms with E-state index in [4.69, 9.17) is 9.84 Å². The van der Waals surface area contributed by atoms with Crippen molar-refractivity contribution in [3.63, 3.8) is 0 Å². The average Bonchev–Trinajstić information content (AvgIpc) is 2.35. The SMILES string of the molecule is COc1cc(CCCO)cc(CC=C(C)C)c1O. The van der Waals surface area contributed by atoms with Gasteiger partial charge in [-0.15, -0.1) is 0 Å². The van der Waals surface area contributed by atoms with Crippen LogP contribution in [0.1, 0.15) is 31.4 Å². The lowest BCUT2D eigenvalue weighted by molar-refractivity contribution is 0.288. The van der Waals surface area contributed by atoms with Crippen LogP contribution >= 0.6 is 0 Å². The van der Waals surface area contributed by atoms with Crippen molar-refractivity contribution in [3.05, 3.63) is 34.9 Å². The summed E-state index contributed by atoms with van der Waals surface area (Å²) in [5.74, 6) is 0.713. The smallest absolute Gasteiger partial charge is 0.161 e. The van der Waals surface area contributed by atoms with Crippen molar-refractivity contribution in [1.29, 1.82) is 0 Å². The van der Waals surface area contributed by atoms with Crippen LogP contribution in [-0.2, 0) is 12.8 Å². The Balaban J connectivity index is 3.02. The van der Waals surface area contributed by atoms with E-state index < -0.39 is 0 Å². The van der Waals surface area contributed by atoms with Crippen LogP contribution in [0.2, 0.25) is 0 Å². The van der Waals surface area contributed by atoms with E-state index in [0.29, 0.717) is 12.2 Å². The number of benzene rings is 1. The topological polar surface area (TPSA) is 49.7 Å². The molecule has 0 bridgehead atoms. The third kappa shape index (κ3) is 4.08. The van der Waals surface area contributed by atoms with E-state index in [2.05, 4.69) is 6.08 Å². The van der Waals surface area contributed by atoms with Gasteiger partial charge < -0.3 is 14.9 Å². The minimum atomic E-state index is 0.173.